The Morgan fingerprint density at radius 2 is 2.22 bits per heavy atom. The summed E-state index contributed by atoms with van der Waals surface area (Å²) in [6.07, 6.45) is 7.86. The first kappa shape index (κ1) is 11.5. The molecule has 0 radical (unpaired) electrons. The number of nitrogens with one attached hydrogen (secondary N) is 1. The third-order valence-corrected chi connectivity index (χ3v) is 3.58. The van der Waals surface area contributed by atoms with Gasteiger partial charge in [-0.1, -0.05) is 18.2 Å². The Kier molecular flexibility index (Phi) is 3.20. The highest BCUT2D eigenvalue weighted by atomic mass is 15.0. The molecule has 94 valence electrons. The van der Waals surface area contributed by atoms with Crippen LogP contribution >= 0.6 is 0 Å². The van der Waals surface area contributed by atoms with Gasteiger partial charge >= 0.3 is 0 Å². The largest absolute Gasteiger partial charge is 0.347 e. The van der Waals surface area contributed by atoms with Crippen LogP contribution in [-0.2, 0) is 13.1 Å². The average molecular weight is 240 g/mol. The Hall–Kier alpha value is -1.54. The summed E-state index contributed by atoms with van der Waals surface area (Å²) < 4.78 is 2.32. The standard InChI is InChI=1S/C16H20N2/c1-2-3-9-18-10-8-14-5-4-13(11-16(14)18)12-17-15-6-7-15/h2,4-5,8,10-11,15,17H,1,3,6-7,9,12H2. The smallest absolute Gasteiger partial charge is 0.0483 e. The maximum Gasteiger partial charge on any atom is 0.0483 e. The minimum Gasteiger partial charge on any atom is -0.347 e. The zero-order chi connectivity index (χ0) is 12.4. The van der Waals surface area contributed by atoms with Gasteiger partial charge in [0.05, 0.1) is 0 Å². The minimum atomic E-state index is 0.772. The zero-order valence-electron chi connectivity index (χ0n) is 10.7. The molecule has 1 fully saturated rings. The van der Waals surface area contributed by atoms with E-state index in [0.29, 0.717) is 0 Å². The van der Waals surface area contributed by atoms with Gasteiger partial charge < -0.3 is 9.88 Å². The van der Waals surface area contributed by atoms with Crippen molar-refractivity contribution in [2.75, 3.05) is 0 Å². The van der Waals surface area contributed by atoms with E-state index in [1.807, 2.05) is 6.08 Å². The highest BCUT2D eigenvalue weighted by Gasteiger charge is 2.19. The van der Waals surface area contributed by atoms with Gasteiger partial charge in [0.25, 0.3) is 0 Å². The SMILES string of the molecule is C=CCCn1ccc2ccc(CNC3CC3)cc21. The molecule has 1 aliphatic rings. The molecule has 1 aliphatic carbocycles. The van der Waals surface area contributed by atoms with Crippen LogP contribution in [0, 0.1) is 0 Å². The molecule has 0 bridgehead atoms. The van der Waals surface area contributed by atoms with Crippen LogP contribution in [0.2, 0.25) is 0 Å². The topological polar surface area (TPSA) is 17.0 Å². The number of hydrogen-bond acceptors (Lipinski definition) is 1. The number of allylic oxidation sites excluding steroid dienone is 1. The first-order valence-electron chi connectivity index (χ1n) is 6.79. The third kappa shape index (κ3) is 2.49. The molecule has 1 heterocycles. The van der Waals surface area contributed by atoms with Gasteiger partial charge in [0.1, 0.15) is 0 Å². The van der Waals surface area contributed by atoms with Crippen LogP contribution in [0.3, 0.4) is 0 Å². The van der Waals surface area contributed by atoms with E-state index in [4.69, 9.17) is 0 Å². The molecule has 0 spiro atoms. The van der Waals surface area contributed by atoms with Crippen LogP contribution in [0.1, 0.15) is 24.8 Å². The zero-order valence-corrected chi connectivity index (χ0v) is 10.7. The molecule has 0 saturated heterocycles. The second kappa shape index (κ2) is 4.99. The summed E-state index contributed by atoms with van der Waals surface area (Å²) in [5, 5.41) is 4.89. The molecular formula is C16H20N2. The van der Waals surface area contributed by atoms with Gasteiger partial charge in [-0.05, 0) is 42.3 Å². The van der Waals surface area contributed by atoms with E-state index in [9.17, 15) is 0 Å². The molecule has 0 atom stereocenters. The molecule has 2 heteroatoms. The Labute approximate surface area is 108 Å². The predicted octanol–water partition coefficient (Wildman–Crippen LogP) is 3.47. The summed E-state index contributed by atoms with van der Waals surface area (Å²) >= 11 is 0. The van der Waals surface area contributed by atoms with Crippen LogP contribution in [0.5, 0.6) is 0 Å². The summed E-state index contributed by atoms with van der Waals surface area (Å²) in [5.74, 6) is 0. The Bertz CT molecular complexity index is 549. The van der Waals surface area contributed by atoms with Gasteiger partial charge in [0.15, 0.2) is 0 Å². The molecular weight excluding hydrogens is 220 g/mol. The predicted molar refractivity (Wildman–Crippen MR) is 76.6 cm³/mol. The fourth-order valence-electron chi connectivity index (χ4n) is 2.31. The van der Waals surface area contributed by atoms with Crippen molar-refractivity contribution >= 4 is 10.9 Å². The first-order chi connectivity index (χ1) is 8.86. The highest BCUT2D eigenvalue weighted by Crippen LogP contribution is 2.21. The highest BCUT2D eigenvalue weighted by molar-refractivity contribution is 5.80. The van der Waals surface area contributed by atoms with Crippen molar-refractivity contribution in [3.8, 4) is 0 Å². The molecule has 2 nitrogen and oxygen atoms in total. The molecule has 18 heavy (non-hydrogen) atoms. The van der Waals surface area contributed by atoms with Gasteiger partial charge in [0, 0.05) is 30.8 Å². The van der Waals surface area contributed by atoms with Crippen LogP contribution in [0.15, 0.2) is 43.1 Å². The van der Waals surface area contributed by atoms with E-state index in [1.54, 1.807) is 0 Å². The average Bonchev–Trinajstić information content (AvgIpc) is 3.14. The number of benzene rings is 1. The van der Waals surface area contributed by atoms with Crippen LogP contribution in [-0.4, -0.2) is 10.6 Å². The number of rotatable bonds is 6. The minimum absolute atomic E-state index is 0.772. The van der Waals surface area contributed by atoms with Gasteiger partial charge in [-0.25, -0.2) is 0 Å². The second-order valence-electron chi connectivity index (χ2n) is 5.13. The van der Waals surface area contributed by atoms with E-state index in [2.05, 4.69) is 46.9 Å². The Morgan fingerprint density at radius 3 is 3.00 bits per heavy atom. The Balaban J connectivity index is 1.80. The fraction of sp³-hybridized carbons (Fsp3) is 0.375. The van der Waals surface area contributed by atoms with E-state index in [0.717, 1.165) is 25.6 Å². The van der Waals surface area contributed by atoms with Crippen LogP contribution < -0.4 is 5.32 Å². The molecule has 2 aromatic rings. The lowest BCUT2D eigenvalue weighted by atomic mass is 10.1. The van der Waals surface area contributed by atoms with Crippen molar-refractivity contribution in [2.24, 2.45) is 0 Å². The van der Waals surface area contributed by atoms with Crippen LogP contribution in [0.4, 0.5) is 0 Å². The molecule has 0 amide bonds. The maximum atomic E-state index is 3.79. The van der Waals surface area contributed by atoms with Crippen molar-refractivity contribution in [2.45, 2.75) is 38.4 Å². The summed E-state index contributed by atoms with van der Waals surface area (Å²) in [6.45, 7) is 5.80. The van der Waals surface area contributed by atoms with E-state index in [1.165, 1.54) is 29.3 Å². The summed E-state index contributed by atoms with van der Waals surface area (Å²) in [6, 6.07) is 9.73. The lowest BCUT2D eigenvalue weighted by Crippen LogP contribution is -2.15. The molecule has 3 rings (SSSR count). The normalized spacial score (nSPS) is 15.1. The molecule has 1 aromatic carbocycles. The summed E-state index contributed by atoms with van der Waals surface area (Å²) in [7, 11) is 0. The lowest BCUT2D eigenvalue weighted by Gasteiger charge is -2.06. The van der Waals surface area contributed by atoms with Crippen molar-refractivity contribution in [1.82, 2.24) is 9.88 Å². The molecule has 0 aliphatic heterocycles. The number of fused-ring (bicyclic) bond motifs is 1. The fourth-order valence-corrected chi connectivity index (χ4v) is 2.31. The van der Waals surface area contributed by atoms with Gasteiger partial charge in [-0.2, -0.15) is 0 Å². The quantitative estimate of drug-likeness (QED) is 0.765. The Morgan fingerprint density at radius 1 is 1.33 bits per heavy atom. The molecule has 0 unspecified atom stereocenters. The summed E-state index contributed by atoms with van der Waals surface area (Å²) in [4.78, 5) is 0. The number of nitrogens with zero attached hydrogens (tertiary/aromatic N) is 1. The van der Waals surface area contributed by atoms with Crippen molar-refractivity contribution < 1.29 is 0 Å². The van der Waals surface area contributed by atoms with E-state index < -0.39 is 0 Å². The first-order valence-corrected chi connectivity index (χ1v) is 6.79. The monoisotopic (exact) mass is 240 g/mol. The summed E-state index contributed by atoms with van der Waals surface area (Å²) in [5.41, 5.74) is 2.72. The van der Waals surface area contributed by atoms with Crippen molar-refractivity contribution in [1.29, 1.82) is 0 Å². The molecule has 1 aromatic heterocycles. The van der Waals surface area contributed by atoms with Crippen molar-refractivity contribution in [3.63, 3.8) is 0 Å². The van der Waals surface area contributed by atoms with Crippen molar-refractivity contribution in [3.05, 3.63) is 48.7 Å². The lowest BCUT2D eigenvalue weighted by molar-refractivity contribution is 0.687. The molecule has 1 N–H and O–H groups in total. The van der Waals surface area contributed by atoms with Gasteiger partial charge in [-0.15, -0.1) is 6.58 Å². The van der Waals surface area contributed by atoms with Gasteiger partial charge in [-0.3, -0.25) is 0 Å². The van der Waals surface area contributed by atoms with E-state index >= 15 is 0 Å². The third-order valence-electron chi connectivity index (χ3n) is 3.58. The van der Waals surface area contributed by atoms with E-state index in [-0.39, 0.29) is 0 Å². The van der Waals surface area contributed by atoms with Gasteiger partial charge in [0.2, 0.25) is 0 Å². The number of aromatic nitrogens is 1. The maximum absolute atomic E-state index is 3.79. The number of hydrogen-bond donors (Lipinski definition) is 1. The molecule has 1 saturated carbocycles. The second-order valence-corrected chi connectivity index (χ2v) is 5.13. The number of aryl methyl sites for hydroxylation is 1. The van der Waals surface area contributed by atoms with Crippen LogP contribution in [0.25, 0.3) is 10.9 Å².